The van der Waals surface area contributed by atoms with E-state index < -0.39 is 29.1 Å². The van der Waals surface area contributed by atoms with Crippen molar-refractivity contribution in [3.05, 3.63) is 11.6 Å². The van der Waals surface area contributed by atoms with Crippen LogP contribution in [0.25, 0.3) is 0 Å². The minimum absolute atomic E-state index is 0.00858. The van der Waals surface area contributed by atoms with Gasteiger partial charge in [-0.2, -0.15) is 18.2 Å². The molecule has 2 bridgehead atoms. The van der Waals surface area contributed by atoms with Crippen LogP contribution in [0.2, 0.25) is 0 Å². The Hall–Kier alpha value is -2.17. The Kier molecular flexibility index (Phi) is 4.59. The summed E-state index contributed by atoms with van der Waals surface area (Å²) in [5.74, 6) is -2.44. The molecule has 3 atom stereocenters. The van der Waals surface area contributed by atoms with E-state index in [-0.39, 0.29) is 18.0 Å². The van der Waals surface area contributed by atoms with E-state index in [0.29, 0.717) is 45.6 Å². The second-order valence-corrected chi connectivity index (χ2v) is 7.58. The molecule has 1 N–H and O–H groups in total. The molecule has 11 heteroatoms. The summed E-state index contributed by atoms with van der Waals surface area (Å²) in [6.45, 7) is 3.93. The Morgan fingerprint density at radius 1 is 1.29 bits per heavy atom. The molecule has 3 aliphatic rings. The molecule has 4 rings (SSSR count). The van der Waals surface area contributed by atoms with Gasteiger partial charge in [-0.3, -0.25) is 14.7 Å². The van der Waals surface area contributed by atoms with Gasteiger partial charge in [0, 0.05) is 25.2 Å². The molecular formula is C17H22F3N5O3. The standard InChI is InChI=1S/C17H22F3N5O3/c1-2-16(15(27)24-5-7-28-8-6-24)9-10-3-4-11(16)25(10)13(26)12-21-14(23-22-12)17(18,19)20/h10-11H,2-9H2,1H3,(H,21,22,23)/t10-,11+,16+/m1/s1. The summed E-state index contributed by atoms with van der Waals surface area (Å²) in [7, 11) is 0. The molecular weight excluding hydrogens is 379 g/mol. The predicted octanol–water partition coefficient (Wildman–Crippen LogP) is 1.46. The zero-order valence-electron chi connectivity index (χ0n) is 15.5. The van der Waals surface area contributed by atoms with Gasteiger partial charge in [-0.25, -0.2) is 0 Å². The number of morpholine rings is 1. The maximum Gasteiger partial charge on any atom is 0.451 e. The maximum absolute atomic E-state index is 13.3. The topological polar surface area (TPSA) is 91.4 Å². The second-order valence-electron chi connectivity index (χ2n) is 7.58. The third-order valence-electron chi connectivity index (χ3n) is 6.28. The SMILES string of the molecule is CC[C@]1(C(=O)N2CCOCC2)C[C@H]2CC[C@@H]1N2C(=O)c1n[nH]c(C(F)(F)F)n1. The fourth-order valence-corrected chi connectivity index (χ4v) is 4.93. The van der Waals surface area contributed by atoms with Gasteiger partial charge in [0.05, 0.1) is 18.6 Å². The van der Waals surface area contributed by atoms with Gasteiger partial charge in [0.2, 0.25) is 17.6 Å². The van der Waals surface area contributed by atoms with E-state index in [9.17, 15) is 22.8 Å². The van der Waals surface area contributed by atoms with Crippen LogP contribution >= 0.6 is 0 Å². The number of fused-ring (bicyclic) bond motifs is 2. The third kappa shape index (κ3) is 2.87. The zero-order valence-corrected chi connectivity index (χ0v) is 15.5. The first-order valence-corrected chi connectivity index (χ1v) is 9.47. The summed E-state index contributed by atoms with van der Waals surface area (Å²) in [6, 6.07) is -0.534. The smallest absolute Gasteiger partial charge is 0.378 e. The fraction of sp³-hybridized carbons (Fsp3) is 0.765. The molecule has 1 aromatic heterocycles. The number of rotatable bonds is 3. The Labute approximate surface area is 159 Å². The normalized spacial score (nSPS) is 30.1. The average Bonchev–Trinajstić information content (AvgIpc) is 3.40. The molecule has 3 saturated heterocycles. The Bertz CT molecular complexity index is 776. The van der Waals surface area contributed by atoms with Gasteiger partial charge in [0.15, 0.2) is 0 Å². The molecule has 1 aromatic rings. The number of aromatic amines is 1. The summed E-state index contributed by atoms with van der Waals surface area (Å²) < 4.78 is 43.7. The average molecular weight is 401 g/mol. The quantitative estimate of drug-likeness (QED) is 0.828. The summed E-state index contributed by atoms with van der Waals surface area (Å²) in [6.07, 6.45) is -2.24. The van der Waals surface area contributed by atoms with Crippen molar-refractivity contribution in [1.82, 2.24) is 25.0 Å². The molecule has 0 aromatic carbocycles. The van der Waals surface area contributed by atoms with Crippen molar-refractivity contribution < 1.29 is 27.5 Å². The van der Waals surface area contributed by atoms with Gasteiger partial charge < -0.3 is 14.5 Å². The van der Waals surface area contributed by atoms with Crippen LogP contribution in [-0.2, 0) is 15.7 Å². The number of amides is 2. The lowest BCUT2D eigenvalue weighted by molar-refractivity contribution is -0.148. The number of alkyl halides is 3. The van der Waals surface area contributed by atoms with Crippen molar-refractivity contribution in [1.29, 1.82) is 0 Å². The third-order valence-corrected chi connectivity index (χ3v) is 6.28. The van der Waals surface area contributed by atoms with Gasteiger partial charge in [-0.05, 0) is 25.7 Å². The van der Waals surface area contributed by atoms with Crippen molar-refractivity contribution in [3.8, 4) is 0 Å². The van der Waals surface area contributed by atoms with Crippen molar-refractivity contribution in [2.45, 2.75) is 50.9 Å². The van der Waals surface area contributed by atoms with Crippen LogP contribution in [0.3, 0.4) is 0 Å². The number of H-pyrrole nitrogens is 1. The van der Waals surface area contributed by atoms with Crippen LogP contribution in [0.15, 0.2) is 0 Å². The fourth-order valence-electron chi connectivity index (χ4n) is 4.93. The van der Waals surface area contributed by atoms with Crippen molar-refractivity contribution in [3.63, 3.8) is 0 Å². The molecule has 154 valence electrons. The largest absolute Gasteiger partial charge is 0.451 e. The van der Waals surface area contributed by atoms with Crippen LogP contribution in [0.5, 0.6) is 0 Å². The number of carbonyl (C=O) groups is 2. The summed E-state index contributed by atoms with van der Waals surface area (Å²) >= 11 is 0. The molecule has 28 heavy (non-hydrogen) atoms. The van der Waals surface area contributed by atoms with Gasteiger partial charge in [0.25, 0.3) is 5.91 Å². The summed E-state index contributed by atoms with van der Waals surface area (Å²) in [5, 5.41) is 5.26. The van der Waals surface area contributed by atoms with Crippen molar-refractivity contribution in [2.75, 3.05) is 26.3 Å². The number of halogens is 3. The number of aromatic nitrogens is 3. The first-order valence-electron chi connectivity index (χ1n) is 9.47. The van der Waals surface area contributed by atoms with E-state index in [0.717, 1.165) is 6.42 Å². The molecule has 0 spiro atoms. The van der Waals surface area contributed by atoms with Gasteiger partial charge >= 0.3 is 6.18 Å². The molecule has 3 fully saturated rings. The van der Waals surface area contributed by atoms with Crippen LogP contribution in [-0.4, -0.2) is 75.2 Å². The molecule has 4 heterocycles. The van der Waals surface area contributed by atoms with E-state index in [1.54, 1.807) is 14.9 Å². The zero-order chi connectivity index (χ0) is 20.1. The molecule has 8 nitrogen and oxygen atoms in total. The van der Waals surface area contributed by atoms with E-state index in [4.69, 9.17) is 4.74 Å². The number of ether oxygens (including phenoxy) is 1. The lowest BCUT2D eigenvalue weighted by atomic mass is 9.70. The van der Waals surface area contributed by atoms with Crippen molar-refractivity contribution >= 4 is 11.8 Å². The minimum atomic E-state index is -4.70. The Morgan fingerprint density at radius 3 is 2.61 bits per heavy atom. The molecule has 2 amide bonds. The Morgan fingerprint density at radius 2 is 2.00 bits per heavy atom. The summed E-state index contributed by atoms with van der Waals surface area (Å²) in [4.78, 5) is 32.9. The minimum Gasteiger partial charge on any atom is -0.378 e. The second kappa shape index (κ2) is 6.71. The highest BCUT2D eigenvalue weighted by Gasteiger charge is 2.61. The highest BCUT2D eigenvalue weighted by molar-refractivity contribution is 5.93. The van der Waals surface area contributed by atoms with E-state index in [1.807, 2.05) is 6.92 Å². The van der Waals surface area contributed by atoms with Crippen LogP contribution in [0.1, 0.15) is 49.1 Å². The van der Waals surface area contributed by atoms with E-state index >= 15 is 0 Å². The highest BCUT2D eigenvalue weighted by atomic mass is 19.4. The number of nitrogens with zero attached hydrogens (tertiary/aromatic N) is 4. The Balaban J connectivity index is 1.59. The number of nitrogens with one attached hydrogen (secondary N) is 1. The highest BCUT2D eigenvalue weighted by Crippen LogP contribution is 2.53. The number of hydrogen-bond acceptors (Lipinski definition) is 5. The van der Waals surface area contributed by atoms with E-state index in [1.165, 1.54) is 0 Å². The van der Waals surface area contributed by atoms with Gasteiger partial charge in [0.1, 0.15) is 0 Å². The number of carbonyl (C=O) groups excluding carboxylic acids is 2. The molecule has 0 saturated carbocycles. The number of hydrogen-bond donors (Lipinski definition) is 1. The first kappa shape index (κ1) is 19.2. The first-order chi connectivity index (χ1) is 13.3. The van der Waals surface area contributed by atoms with Crippen LogP contribution < -0.4 is 0 Å². The molecule has 0 unspecified atom stereocenters. The lowest BCUT2D eigenvalue weighted by Crippen LogP contribution is -2.53. The van der Waals surface area contributed by atoms with Gasteiger partial charge in [-0.15, -0.1) is 5.10 Å². The van der Waals surface area contributed by atoms with Crippen LogP contribution in [0.4, 0.5) is 13.2 Å². The molecule has 0 aliphatic carbocycles. The molecule has 3 aliphatic heterocycles. The lowest BCUT2D eigenvalue weighted by Gasteiger charge is -2.40. The van der Waals surface area contributed by atoms with Crippen molar-refractivity contribution in [2.24, 2.45) is 5.41 Å². The molecule has 0 radical (unpaired) electrons. The monoisotopic (exact) mass is 401 g/mol. The van der Waals surface area contributed by atoms with E-state index in [2.05, 4.69) is 10.1 Å². The van der Waals surface area contributed by atoms with Gasteiger partial charge in [-0.1, -0.05) is 6.92 Å². The maximum atomic E-state index is 13.3. The predicted molar refractivity (Wildman–Crippen MR) is 89.1 cm³/mol. The summed E-state index contributed by atoms with van der Waals surface area (Å²) in [5.41, 5.74) is -0.709. The van der Waals surface area contributed by atoms with Crippen LogP contribution in [0, 0.1) is 5.41 Å².